The number of hydrogen-bond acceptors (Lipinski definition) is 4. The molecule has 0 saturated carbocycles. The summed E-state index contributed by atoms with van der Waals surface area (Å²) in [4.78, 5) is 13.5. The molecule has 2 N–H and O–H groups in total. The lowest BCUT2D eigenvalue weighted by Gasteiger charge is -2.19. The van der Waals surface area contributed by atoms with Crippen molar-refractivity contribution in [3.05, 3.63) is 23.8 Å². The van der Waals surface area contributed by atoms with E-state index in [0.29, 0.717) is 25.9 Å². The molecule has 5 nitrogen and oxygen atoms in total. The molecule has 0 bridgehead atoms. The van der Waals surface area contributed by atoms with Gasteiger partial charge in [-0.05, 0) is 25.1 Å². The molecule has 0 radical (unpaired) electrons. The molecule has 0 atom stereocenters. The van der Waals surface area contributed by atoms with Gasteiger partial charge in [-0.1, -0.05) is 0 Å². The highest BCUT2D eigenvalue weighted by atomic mass is 16.5. The van der Waals surface area contributed by atoms with Gasteiger partial charge in [-0.15, -0.1) is 0 Å². The van der Waals surface area contributed by atoms with Gasteiger partial charge in [0, 0.05) is 31.6 Å². The molecule has 0 saturated heterocycles. The Kier molecular flexibility index (Phi) is 6.15. The van der Waals surface area contributed by atoms with E-state index >= 15 is 0 Å². The molecule has 0 fully saturated rings. The first-order chi connectivity index (χ1) is 9.12. The summed E-state index contributed by atoms with van der Waals surface area (Å²) in [6.45, 7) is 1.04. The first-order valence-corrected chi connectivity index (χ1v) is 6.27. The number of carbonyl (C=O) groups is 1. The van der Waals surface area contributed by atoms with Gasteiger partial charge in [-0.25, -0.2) is 0 Å². The van der Waals surface area contributed by atoms with E-state index in [2.05, 4.69) is 0 Å². The molecule has 0 aliphatic heterocycles. The molecular formula is C14H22N2O3. The molecule has 0 spiro atoms. The summed E-state index contributed by atoms with van der Waals surface area (Å²) in [5.74, 6) is 1.54. The van der Waals surface area contributed by atoms with E-state index in [9.17, 15) is 4.79 Å². The summed E-state index contributed by atoms with van der Waals surface area (Å²) in [7, 11) is 4.99. The van der Waals surface area contributed by atoms with Crippen molar-refractivity contribution in [3.8, 4) is 11.5 Å². The highest BCUT2D eigenvalue weighted by Crippen LogP contribution is 2.25. The zero-order chi connectivity index (χ0) is 14.3. The second-order valence-electron chi connectivity index (χ2n) is 4.32. The maximum absolute atomic E-state index is 11.8. The zero-order valence-corrected chi connectivity index (χ0v) is 11.8. The number of amides is 1. The van der Waals surface area contributed by atoms with E-state index in [-0.39, 0.29) is 5.91 Å². The molecular weight excluding hydrogens is 244 g/mol. The second kappa shape index (κ2) is 7.63. The first kappa shape index (κ1) is 15.3. The molecule has 0 unspecified atom stereocenters. The van der Waals surface area contributed by atoms with Crippen molar-refractivity contribution in [2.75, 3.05) is 27.8 Å². The Morgan fingerprint density at radius 2 is 2.05 bits per heavy atom. The SMILES string of the molecule is COc1ccc(CN(C)C(=O)CCCN)c(OC)c1. The van der Waals surface area contributed by atoms with Crippen LogP contribution in [0.1, 0.15) is 18.4 Å². The lowest BCUT2D eigenvalue weighted by molar-refractivity contribution is -0.130. The van der Waals surface area contributed by atoms with Crippen LogP contribution in [-0.2, 0) is 11.3 Å². The maximum atomic E-state index is 11.8. The molecule has 1 aromatic carbocycles. The highest BCUT2D eigenvalue weighted by molar-refractivity contribution is 5.75. The van der Waals surface area contributed by atoms with Crippen LogP contribution in [0, 0.1) is 0 Å². The molecule has 5 heteroatoms. The monoisotopic (exact) mass is 266 g/mol. The molecule has 0 aliphatic rings. The van der Waals surface area contributed by atoms with Gasteiger partial charge >= 0.3 is 0 Å². The largest absolute Gasteiger partial charge is 0.497 e. The topological polar surface area (TPSA) is 64.8 Å². The van der Waals surface area contributed by atoms with Crippen LogP contribution in [0.4, 0.5) is 0 Å². The Morgan fingerprint density at radius 3 is 2.63 bits per heavy atom. The van der Waals surface area contributed by atoms with Crippen LogP contribution in [0.3, 0.4) is 0 Å². The fourth-order valence-corrected chi connectivity index (χ4v) is 1.77. The molecule has 19 heavy (non-hydrogen) atoms. The average Bonchev–Trinajstić information content (AvgIpc) is 2.44. The molecule has 1 rings (SSSR count). The van der Waals surface area contributed by atoms with Crippen LogP contribution in [0.2, 0.25) is 0 Å². The Morgan fingerprint density at radius 1 is 1.32 bits per heavy atom. The van der Waals surface area contributed by atoms with Crippen LogP contribution in [0.25, 0.3) is 0 Å². The van der Waals surface area contributed by atoms with Crippen molar-refractivity contribution in [1.29, 1.82) is 0 Å². The standard InChI is InChI=1S/C14H22N2O3/c1-16(14(17)5-4-8-15)10-11-6-7-12(18-2)9-13(11)19-3/h6-7,9H,4-5,8,10,15H2,1-3H3. The second-order valence-corrected chi connectivity index (χ2v) is 4.32. The summed E-state index contributed by atoms with van der Waals surface area (Å²) in [5.41, 5.74) is 6.35. The van der Waals surface area contributed by atoms with Crippen LogP contribution in [0.15, 0.2) is 18.2 Å². The summed E-state index contributed by atoms with van der Waals surface area (Å²) < 4.78 is 10.5. The van der Waals surface area contributed by atoms with E-state index in [1.54, 1.807) is 26.2 Å². The lowest BCUT2D eigenvalue weighted by atomic mass is 10.1. The van der Waals surface area contributed by atoms with Gasteiger partial charge in [0.15, 0.2) is 0 Å². The molecule has 1 aromatic rings. The Bertz CT molecular complexity index is 421. The number of carbonyl (C=O) groups excluding carboxylic acids is 1. The molecule has 0 aromatic heterocycles. The number of benzene rings is 1. The van der Waals surface area contributed by atoms with Crippen molar-refractivity contribution in [2.24, 2.45) is 5.73 Å². The van der Waals surface area contributed by atoms with Gasteiger partial charge in [-0.2, -0.15) is 0 Å². The predicted molar refractivity (Wildman–Crippen MR) is 74.3 cm³/mol. The van der Waals surface area contributed by atoms with Gasteiger partial charge in [0.1, 0.15) is 11.5 Å². The fourth-order valence-electron chi connectivity index (χ4n) is 1.77. The average molecular weight is 266 g/mol. The lowest BCUT2D eigenvalue weighted by Crippen LogP contribution is -2.26. The van der Waals surface area contributed by atoms with Crippen molar-refractivity contribution in [2.45, 2.75) is 19.4 Å². The van der Waals surface area contributed by atoms with Crippen LogP contribution < -0.4 is 15.2 Å². The summed E-state index contributed by atoms with van der Waals surface area (Å²) in [6.07, 6.45) is 1.19. The van der Waals surface area contributed by atoms with Gasteiger partial charge < -0.3 is 20.1 Å². The normalized spacial score (nSPS) is 10.1. The van der Waals surface area contributed by atoms with Crippen molar-refractivity contribution < 1.29 is 14.3 Å². The van der Waals surface area contributed by atoms with Gasteiger partial charge in [0.25, 0.3) is 0 Å². The van der Waals surface area contributed by atoms with E-state index in [1.165, 1.54) is 0 Å². The molecule has 0 aliphatic carbocycles. The summed E-state index contributed by atoms with van der Waals surface area (Å²) >= 11 is 0. The third-order valence-electron chi connectivity index (χ3n) is 2.92. The summed E-state index contributed by atoms with van der Waals surface area (Å²) in [6, 6.07) is 5.58. The van der Waals surface area contributed by atoms with E-state index in [1.807, 2.05) is 18.2 Å². The van der Waals surface area contributed by atoms with Crippen molar-refractivity contribution in [3.63, 3.8) is 0 Å². The highest BCUT2D eigenvalue weighted by Gasteiger charge is 2.12. The van der Waals surface area contributed by atoms with E-state index < -0.39 is 0 Å². The number of methoxy groups -OCH3 is 2. The third-order valence-corrected chi connectivity index (χ3v) is 2.92. The van der Waals surface area contributed by atoms with E-state index in [4.69, 9.17) is 15.2 Å². The number of nitrogens with two attached hydrogens (primary N) is 1. The number of hydrogen-bond donors (Lipinski definition) is 1. The fraction of sp³-hybridized carbons (Fsp3) is 0.500. The van der Waals surface area contributed by atoms with Gasteiger partial charge in [0.05, 0.1) is 14.2 Å². The smallest absolute Gasteiger partial charge is 0.222 e. The minimum absolute atomic E-state index is 0.0864. The predicted octanol–water partition coefficient (Wildman–Crippen LogP) is 1.40. The Hall–Kier alpha value is -1.75. The molecule has 106 valence electrons. The van der Waals surface area contributed by atoms with Crippen molar-refractivity contribution >= 4 is 5.91 Å². The van der Waals surface area contributed by atoms with Crippen LogP contribution in [-0.4, -0.2) is 38.6 Å². The Balaban J connectivity index is 2.72. The maximum Gasteiger partial charge on any atom is 0.222 e. The van der Waals surface area contributed by atoms with Crippen molar-refractivity contribution in [1.82, 2.24) is 4.90 Å². The number of ether oxygens (including phenoxy) is 2. The number of nitrogens with zero attached hydrogens (tertiary/aromatic N) is 1. The first-order valence-electron chi connectivity index (χ1n) is 6.27. The zero-order valence-electron chi connectivity index (χ0n) is 11.8. The minimum atomic E-state index is 0.0864. The summed E-state index contributed by atoms with van der Waals surface area (Å²) in [5, 5.41) is 0. The number of rotatable bonds is 7. The molecule has 0 heterocycles. The van der Waals surface area contributed by atoms with Gasteiger partial charge in [-0.3, -0.25) is 4.79 Å². The molecule has 1 amide bonds. The third kappa shape index (κ3) is 4.44. The minimum Gasteiger partial charge on any atom is -0.497 e. The Labute approximate surface area is 114 Å². The van der Waals surface area contributed by atoms with Crippen LogP contribution >= 0.6 is 0 Å². The van der Waals surface area contributed by atoms with Gasteiger partial charge in [0.2, 0.25) is 5.91 Å². The van der Waals surface area contributed by atoms with E-state index in [0.717, 1.165) is 17.1 Å². The quantitative estimate of drug-likeness (QED) is 0.810. The van der Waals surface area contributed by atoms with Crippen LogP contribution in [0.5, 0.6) is 11.5 Å².